The standard InChI is InChI=1S/C22H21NO4/c1-14(24)11-12-19(22(26)27-2)23-21(25)20-17-9-5-3-7-15(17)13-16-8-4-6-10-18(16)20/h3-10,13,19H,11-12H2,1-2H3,(H,23,25)/t19-/m0/s1. The SMILES string of the molecule is COC(=O)[C@H](CCC(C)=O)NC(=O)c1c2ccccc2cc2ccccc12. The zero-order valence-electron chi connectivity index (χ0n) is 15.3. The molecule has 3 rings (SSSR count). The van der Waals surface area contributed by atoms with Crippen LogP contribution in [-0.2, 0) is 14.3 Å². The van der Waals surface area contributed by atoms with Crippen molar-refractivity contribution in [3.8, 4) is 0 Å². The van der Waals surface area contributed by atoms with Crippen LogP contribution < -0.4 is 5.32 Å². The summed E-state index contributed by atoms with van der Waals surface area (Å²) in [7, 11) is 1.27. The average Bonchev–Trinajstić information content (AvgIpc) is 2.68. The first-order valence-electron chi connectivity index (χ1n) is 8.80. The van der Waals surface area contributed by atoms with Crippen molar-refractivity contribution in [1.82, 2.24) is 5.32 Å². The van der Waals surface area contributed by atoms with E-state index in [9.17, 15) is 14.4 Å². The zero-order chi connectivity index (χ0) is 19.4. The number of fused-ring (bicyclic) bond motifs is 2. The van der Waals surface area contributed by atoms with Gasteiger partial charge in [-0.3, -0.25) is 4.79 Å². The Balaban J connectivity index is 2.05. The Morgan fingerprint density at radius 3 is 2.04 bits per heavy atom. The van der Waals surface area contributed by atoms with Crippen molar-refractivity contribution in [2.24, 2.45) is 0 Å². The molecule has 0 heterocycles. The Morgan fingerprint density at radius 1 is 0.963 bits per heavy atom. The molecule has 3 aromatic rings. The summed E-state index contributed by atoms with van der Waals surface area (Å²) in [5.41, 5.74) is 0.514. The number of esters is 1. The number of carbonyl (C=O) groups excluding carboxylic acids is 3. The van der Waals surface area contributed by atoms with Crippen LogP contribution in [0.15, 0.2) is 54.6 Å². The molecule has 0 saturated heterocycles. The Hall–Kier alpha value is -3.21. The second-order valence-corrected chi connectivity index (χ2v) is 6.48. The largest absolute Gasteiger partial charge is 0.467 e. The highest BCUT2D eigenvalue weighted by molar-refractivity contribution is 6.18. The van der Waals surface area contributed by atoms with Crippen LogP contribution in [0.1, 0.15) is 30.1 Å². The van der Waals surface area contributed by atoms with Gasteiger partial charge in [0.25, 0.3) is 5.91 Å². The minimum atomic E-state index is -0.871. The highest BCUT2D eigenvalue weighted by Gasteiger charge is 2.24. The van der Waals surface area contributed by atoms with Gasteiger partial charge in [-0.15, -0.1) is 0 Å². The third-order valence-corrected chi connectivity index (χ3v) is 4.57. The summed E-state index contributed by atoms with van der Waals surface area (Å²) in [5.74, 6) is -0.968. The quantitative estimate of drug-likeness (QED) is 0.536. The van der Waals surface area contributed by atoms with Crippen molar-refractivity contribution in [2.75, 3.05) is 7.11 Å². The highest BCUT2D eigenvalue weighted by atomic mass is 16.5. The summed E-state index contributed by atoms with van der Waals surface area (Å²) in [6, 6.07) is 16.4. The van der Waals surface area contributed by atoms with Gasteiger partial charge in [-0.25, -0.2) is 4.79 Å². The van der Waals surface area contributed by atoms with Crippen LogP contribution in [0, 0.1) is 0 Å². The van der Waals surface area contributed by atoms with Gasteiger partial charge in [0.05, 0.1) is 12.7 Å². The maximum absolute atomic E-state index is 13.1. The van der Waals surface area contributed by atoms with Crippen molar-refractivity contribution >= 4 is 39.2 Å². The first-order valence-corrected chi connectivity index (χ1v) is 8.80. The number of rotatable bonds is 6. The van der Waals surface area contributed by atoms with E-state index in [2.05, 4.69) is 5.32 Å². The van der Waals surface area contributed by atoms with Gasteiger partial charge in [-0.1, -0.05) is 48.5 Å². The zero-order valence-corrected chi connectivity index (χ0v) is 15.3. The first-order chi connectivity index (χ1) is 13.0. The number of benzene rings is 3. The van der Waals surface area contributed by atoms with Crippen LogP contribution >= 0.6 is 0 Å². The molecular weight excluding hydrogens is 342 g/mol. The van der Waals surface area contributed by atoms with E-state index in [0.717, 1.165) is 21.5 Å². The Kier molecular flexibility index (Phi) is 5.50. The highest BCUT2D eigenvalue weighted by Crippen LogP contribution is 2.28. The fraction of sp³-hybridized carbons (Fsp3) is 0.227. The summed E-state index contributed by atoms with van der Waals surface area (Å²) in [6.45, 7) is 1.45. The predicted octanol–water partition coefficient (Wildman–Crippen LogP) is 3.63. The van der Waals surface area contributed by atoms with Crippen LogP contribution in [0.3, 0.4) is 0 Å². The van der Waals surface area contributed by atoms with Crippen molar-refractivity contribution in [3.63, 3.8) is 0 Å². The number of hydrogen-bond donors (Lipinski definition) is 1. The van der Waals surface area contributed by atoms with Gasteiger partial charge in [0.2, 0.25) is 0 Å². The normalized spacial score (nSPS) is 11.9. The van der Waals surface area contributed by atoms with Gasteiger partial charge in [-0.2, -0.15) is 0 Å². The van der Waals surface area contributed by atoms with Gasteiger partial charge < -0.3 is 14.8 Å². The van der Waals surface area contributed by atoms with Crippen molar-refractivity contribution in [3.05, 3.63) is 60.2 Å². The van der Waals surface area contributed by atoms with Crippen LogP contribution in [0.5, 0.6) is 0 Å². The summed E-state index contributed by atoms with van der Waals surface area (Å²) < 4.78 is 4.79. The summed E-state index contributed by atoms with van der Waals surface area (Å²) in [4.78, 5) is 36.5. The average molecular weight is 363 g/mol. The van der Waals surface area contributed by atoms with Gasteiger partial charge in [0, 0.05) is 6.42 Å². The Morgan fingerprint density at radius 2 is 1.52 bits per heavy atom. The van der Waals surface area contributed by atoms with Crippen LogP contribution in [0.4, 0.5) is 0 Å². The van der Waals surface area contributed by atoms with Crippen molar-refractivity contribution in [1.29, 1.82) is 0 Å². The van der Waals surface area contributed by atoms with Gasteiger partial charge >= 0.3 is 5.97 Å². The number of ketones is 1. The molecule has 1 N–H and O–H groups in total. The molecule has 0 saturated carbocycles. The van der Waals surface area contributed by atoms with E-state index >= 15 is 0 Å². The molecule has 1 amide bonds. The lowest BCUT2D eigenvalue weighted by Gasteiger charge is -2.18. The molecule has 0 aliphatic rings. The lowest BCUT2D eigenvalue weighted by atomic mass is 9.96. The number of hydrogen-bond acceptors (Lipinski definition) is 4. The second kappa shape index (κ2) is 7.99. The minimum Gasteiger partial charge on any atom is -0.467 e. The number of ether oxygens (including phenoxy) is 1. The number of nitrogens with one attached hydrogen (secondary N) is 1. The summed E-state index contributed by atoms with van der Waals surface area (Å²) in [5, 5.41) is 6.26. The molecule has 138 valence electrons. The van der Waals surface area contributed by atoms with Gasteiger partial charge in [0.15, 0.2) is 0 Å². The molecule has 5 heteroatoms. The molecule has 0 bridgehead atoms. The molecule has 0 fully saturated rings. The molecule has 0 aromatic heterocycles. The van der Waals surface area contributed by atoms with E-state index in [1.165, 1.54) is 14.0 Å². The fourth-order valence-electron chi connectivity index (χ4n) is 3.23. The number of amides is 1. The molecule has 0 radical (unpaired) electrons. The monoisotopic (exact) mass is 363 g/mol. The lowest BCUT2D eigenvalue weighted by molar-refractivity contribution is -0.143. The summed E-state index contributed by atoms with van der Waals surface area (Å²) >= 11 is 0. The molecule has 0 aliphatic carbocycles. The van der Waals surface area contributed by atoms with E-state index in [4.69, 9.17) is 4.74 Å². The van der Waals surface area contributed by atoms with Crippen LogP contribution in [0.2, 0.25) is 0 Å². The molecule has 27 heavy (non-hydrogen) atoms. The van der Waals surface area contributed by atoms with Gasteiger partial charge in [0.1, 0.15) is 11.8 Å². The fourth-order valence-corrected chi connectivity index (χ4v) is 3.23. The molecule has 1 atom stereocenters. The third-order valence-electron chi connectivity index (χ3n) is 4.57. The number of Topliss-reactive ketones (excluding diaryl/α,β-unsaturated/α-hetero) is 1. The second-order valence-electron chi connectivity index (χ2n) is 6.48. The minimum absolute atomic E-state index is 0.0474. The van der Waals surface area contributed by atoms with Crippen molar-refractivity contribution in [2.45, 2.75) is 25.8 Å². The molecule has 5 nitrogen and oxygen atoms in total. The van der Waals surface area contributed by atoms with Crippen LogP contribution in [0.25, 0.3) is 21.5 Å². The Labute approximate surface area is 157 Å². The first kappa shape index (κ1) is 18.6. The molecule has 0 unspecified atom stereocenters. The van der Waals surface area contributed by atoms with Gasteiger partial charge in [-0.05, 0) is 41.0 Å². The Bertz CT molecular complexity index is 971. The lowest BCUT2D eigenvalue weighted by Crippen LogP contribution is -2.41. The maximum Gasteiger partial charge on any atom is 0.328 e. The molecule has 0 spiro atoms. The van der Waals surface area contributed by atoms with E-state index in [-0.39, 0.29) is 24.5 Å². The molecule has 3 aromatic carbocycles. The van der Waals surface area contributed by atoms with E-state index in [1.54, 1.807) is 0 Å². The molecule has 0 aliphatic heterocycles. The van der Waals surface area contributed by atoms with Crippen molar-refractivity contribution < 1.29 is 19.1 Å². The predicted molar refractivity (Wildman–Crippen MR) is 105 cm³/mol. The smallest absolute Gasteiger partial charge is 0.328 e. The number of carbonyl (C=O) groups is 3. The maximum atomic E-state index is 13.1. The summed E-state index contributed by atoms with van der Waals surface area (Å²) in [6.07, 6.45) is 0.396. The molecular formula is C22H21NO4. The van der Waals surface area contributed by atoms with E-state index in [1.807, 2.05) is 54.6 Å². The third kappa shape index (κ3) is 3.97. The van der Waals surface area contributed by atoms with Crippen LogP contribution in [-0.4, -0.2) is 30.8 Å². The topological polar surface area (TPSA) is 72.5 Å². The van der Waals surface area contributed by atoms with E-state index < -0.39 is 12.0 Å². The van der Waals surface area contributed by atoms with E-state index in [0.29, 0.717) is 5.56 Å². The number of methoxy groups -OCH3 is 1.